The second kappa shape index (κ2) is 16.0. The molecule has 7 aromatic carbocycles. The van der Waals surface area contributed by atoms with Crippen LogP contribution in [-0.4, -0.2) is 25.4 Å². The molecule has 0 radical (unpaired) electrons. The zero-order valence-electron chi connectivity index (χ0n) is 33.2. The fraction of sp³-hybridized carbons (Fsp3) is 0.0980. The third-order valence-electron chi connectivity index (χ3n) is 11.7. The van der Waals surface area contributed by atoms with Gasteiger partial charge in [-0.2, -0.15) is 0 Å². The molecule has 1 aliphatic rings. The average molecular weight is 835 g/mol. The second-order valence-corrected chi connectivity index (χ2v) is 19.7. The average Bonchev–Trinajstić information content (AvgIpc) is 3.69. The van der Waals surface area contributed by atoms with E-state index in [9.17, 15) is 14.4 Å². The molecular weight excluding hydrogens is 795 g/mol. The van der Waals surface area contributed by atoms with Crippen molar-refractivity contribution in [1.29, 1.82) is 0 Å². The third kappa shape index (κ3) is 6.55. The summed E-state index contributed by atoms with van der Waals surface area (Å²) in [4.78, 5) is 59.7. The molecule has 61 heavy (non-hydrogen) atoms. The summed E-state index contributed by atoms with van der Waals surface area (Å²) < 4.78 is 6.77. The van der Waals surface area contributed by atoms with Gasteiger partial charge in [0.15, 0.2) is 0 Å². The first-order chi connectivity index (χ1) is 29.9. The molecule has 0 aliphatic carbocycles. The van der Waals surface area contributed by atoms with Gasteiger partial charge >= 0.3 is 0 Å². The highest BCUT2D eigenvalue weighted by Gasteiger charge is 2.46. The van der Waals surface area contributed by atoms with Crippen LogP contribution in [0.15, 0.2) is 213 Å². The molecule has 9 aromatic rings. The van der Waals surface area contributed by atoms with Crippen LogP contribution in [0.4, 0.5) is 0 Å². The van der Waals surface area contributed by atoms with Crippen LogP contribution in [0.2, 0.25) is 0 Å². The number of hydrogen-bond acceptors (Lipinski definition) is 4. The maximum absolute atomic E-state index is 15.1. The molecule has 2 aromatic heterocycles. The Bertz CT molecular complexity index is 3210. The molecule has 0 saturated heterocycles. The predicted molar refractivity (Wildman–Crippen MR) is 250 cm³/mol. The van der Waals surface area contributed by atoms with Crippen LogP contribution in [0.5, 0.6) is 0 Å². The molecule has 10 rings (SSSR count). The lowest BCUT2D eigenvalue weighted by Crippen LogP contribution is -2.42. The van der Waals surface area contributed by atoms with Gasteiger partial charge in [-0.15, -0.1) is 0 Å². The summed E-state index contributed by atoms with van der Waals surface area (Å²) in [6.07, 6.45) is 0. The molecule has 1 aliphatic heterocycles. The molecule has 0 spiro atoms. The van der Waals surface area contributed by atoms with Crippen LogP contribution in [0.25, 0.3) is 21.5 Å². The number of rotatable bonds is 9. The van der Waals surface area contributed by atoms with Gasteiger partial charge in [0, 0.05) is 0 Å². The standard InChI is InChI=1S/C51H40N4O4P2/c1-60(49(36-22-8-3-9-23-36)53-46(57)40-29-15-14-28-39(40)45(56)52(53)34-35-20-6-2-7-21-35)43-32-18-19-33-44(43)61-50(37-24-10-4-11-25-37)54-47(58)41-30-16-17-31-42(41)48(59)55(54)51(61)38-26-12-5-13-27-38/h2-33,49-51H,34H2,1H3/t49?,50-,51?,60?,61?/m0/s1. The largest absolute Gasteiger partial charge is 0.274 e. The third-order valence-corrected chi connectivity index (χ3v) is 17.3. The van der Waals surface area contributed by atoms with E-state index in [1.807, 2.05) is 133 Å². The fourth-order valence-electron chi connectivity index (χ4n) is 8.98. The van der Waals surface area contributed by atoms with E-state index in [1.165, 1.54) is 0 Å². The van der Waals surface area contributed by atoms with E-state index < -0.39 is 33.2 Å². The van der Waals surface area contributed by atoms with E-state index in [4.69, 9.17) is 0 Å². The van der Waals surface area contributed by atoms with Crippen molar-refractivity contribution >= 4 is 48.0 Å². The van der Waals surface area contributed by atoms with Crippen LogP contribution in [-0.2, 0) is 6.54 Å². The SMILES string of the molecule is CP(c1ccccc1P1C(c2ccccc2)n2c(=O)c3ccccc3c(=O)n2[C@@H]1c1ccccc1)C(c1ccccc1)n1c(=O)c2ccccc2c(=O)n1Cc1ccccc1. The van der Waals surface area contributed by atoms with Crippen LogP contribution in [0.3, 0.4) is 0 Å². The van der Waals surface area contributed by atoms with Crippen LogP contribution in [0.1, 0.15) is 39.6 Å². The summed E-state index contributed by atoms with van der Waals surface area (Å²) in [6, 6.07) is 62.3. The van der Waals surface area contributed by atoms with E-state index in [2.05, 4.69) is 18.8 Å². The highest BCUT2D eigenvalue weighted by molar-refractivity contribution is 7.72. The first-order valence-corrected chi connectivity index (χ1v) is 23.6. The molecule has 4 unspecified atom stereocenters. The van der Waals surface area contributed by atoms with Crippen molar-refractivity contribution in [2.24, 2.45) is 0 Å². The maximum atomic E-state index is 15.1. The van der Waals surface area contributed by atoms with E-state index in [0.29, 0.717) is 21.5 Å². The second-order valence-electron chi connectivity index (χ2n) is 15.2. The quantitative estimate of drug-likeness (QED) is 0.136. The molecule has 8 nitrogen and oxygen atoms in total. The normalized spacial score (nSPS) is 17.0. The lowest BCUT2D eigenvalue weighted by molar-refractivity contribution is 0.462. The molecule has 3 heterocycles. The molecule has 5 atom stereocenters. The number of nitrogens with zero attached hydrogens (tertiary/aromatic N) is 4. The smallest absolute Gasteiger partial charge is 0.267 e. The van der Waals surface area contributed by atoms with Crippen LogP contribution >= 0.6 is 15.8 Å². The molecule has 0 saturated carbocycles. The minimum absolute atomic E-state index is 0.196. The highest BCUT2D eigenvalue weighted by Crippen LogP contribution is 2.65. The zero-order valence-corrected chi connectivity index (χ0v) is 35.0. The summed E-state index contributed by atoms with van der Waals surface area (Å²) in [6.45, 7) is 2.38. The molecule has 298 valence electrons. The predicted octanol–water partition coefficient (Wildman–Crippen LogP) is 8.59. The Morgan fingerprint density at radius 2 is 0.885 bits per heavy atom. The summed E-state index contributed by atoms with van der Waals surface area (Å²) in [5.74, 6) is -1.60. The van der Waals surface area contributed by atoms with Crippen molar-refractivity contribution in [3.05, 3.63) is 258 Å². The maximum Gasteiger partial charge on any atom is 0.274 e. The lowest BCUT2D eigenvalue weighted by atomic mass is 10.1. The van der Waals surface area contributed by atoms with Gasteiger partial charge in [0.2, 0.25) is 0 Å². The van der Waals surface area contributed by atoms with Crippen LogP contribution in [0, 0.1) is 0 Å². The van der Waals surface area contributed by atoms with E-state index in [0.717, 1.165) is 32.9 Å². The number of aromatic nitrogens is 4. The van der Waals surface area contributed by atoms with Gasteiger partial charge in [-0.05, 0) is 79.6 Å². The topological polar surface area (TPSA) is 88.0 Å². The minimum atomic E-state index is -1.46. The Morgan fingerprint density at radius 1 is 0.475 bits per heavy atom. The Kier molecular flexibility index (Phi) is 10.1. The fourth-order valence-corrected chi connectivity index (χ4v) is 15.3. The van der Waals surface area contributed by atoms with Gasteiger partial charge in [-0.1, -0.05) is 170 Å². The molecule has 0 N–H and O–H groups in total. The Hall–Kier alpha value is -6.72. The van der Waals surface area contributed by atoms with Gasteiger partial charge in [-0.3, -0.25) is 19.2 Å². The molecule has 0 fully saturated rings. The zero-order chi connectivity index (χ0) is 41.6. The van der Waals surface area contributed by atoms with Gasteiger partial charge in [0.25, 0.3) is 22.2 Å². The minimum Gasteiger partial charge on any atom is -0.267 e. The lowest BCUT2D eigenvalue weighted by Gasteiger charge is -2.34. The van der Waals surface area contributed by atoms with Crippen molar-refractivity contribution < 1.29 is 0 Å². The van der Waals surface area contributed by atoms with Crippen LogP contribution < -0.4 is 32.8 Å². The summed E-state index contributed by atoms with van der Waals surface area (Å²) >= 11 is 0. The van der Waals surface area contributed by atoms with Crippen molar-refractivity contribution in [2.45, 2.75) is 23.9 Å². The van der Waals surface area contributed by atoms with Gasteiger partial charge in [0.1, 0.15) is 17.3 Å². The van der Waals surface area contributed by atoms with E-state index >= 15 is 4.79 Å². The monoisotopic (exact) mass is 834 g/mol. The molecular formula is C51H40N4O4P2. The number of fused-ring (bicyclic) bond motifs is 3. The molecule has 10 heteroatoms. The van der Waals surface area contributed by atoms with Gasteiger partial charge in [0.05, 0.1) is 28.1 Å². The first kappa shape index (κ1) is 38.5. The number of benzene rings is 7. The Balaban J connectivity index is 1.26. The van der Waals surface area contributed by atoms with Gasteiger partial charge in [-0.25, -0.2) is 18.7 Å². The van der Waals surface area contributed by atoms with Crippen molar-refractivity contribution in [3.63, 3.8) is 0 Å². The first-order valence-electron chi connectivity index (χ1n) is 20.2. The highest BCUT2D eigenvalue weighted by atomic mass is 31.1. The van der Waals surface area contributed by atoms with E-state index in [-0.39, 0.29) is 28.8 Å². The summed E-state index contributed by atoms with van der Waals surface area (Å²) in [5.41, 5.74) is 2.70. The van der Waals surface area contributed by atoms with Crippen molar-refractivity contribution in [3.8, 4) is 0 Å². The van der Waals surface area contributed by atoms with E-state index in [1.54, 1.807) is 67.3 Å². The molecule has 0 amide bonds. The van der Waals surface area contributed by atoms with Gasteiger partial charge < -0.3 is 0 Å². The Labute approximate surface area is 353 Å². The van der Waals surface area contributed by atoms with Crippen molar-refractivity contribution in [2.75, 3.05) is 6.66 Å². The van der Waals surface area contributed by atoms with Crippen molar-refractivity contribution in [1.82, 2.24) is 18.7 Å². The summed E-state index contributed by atoms with van der Waals surface area (Å²) in [5, 5.41) is 3.56. The molecule has 0 bridgehead atoms. The summed E-state index contributed by atoms with van der Waals surface area (Å²) in [7, 11) is -2.82. The Morgan fingerprint density at radius 3 is 1.41 bits per heavy atom. The number of hydrogen-bond donors (Lipinski definition) is 0.